The largest absolute Gasteiger partial charge is 0.466 e. The minimum absolute atomic E-state index is 0.0898. The molecule has 20 heavy (non-hydrogen) atoms. The number of ether oxygens (including phenoxy) is 2. The monoisotopic (exact) mass is 286 g/mol. The number of hydrogen-bond donors (Lipinski definition) is 1. The van der Waals surface area contributed by atoms with Crippen molar-refractivity contribution in [2.75, 3.05) is 52.5 Å². The molecule has 116 valence electrons. The fourth-order valence-corrected chi connectivity index (χ4v) is 2.99. The Labute approximate surface area is 120 Å². The van der Waals surface area contributed by atoms with Gasteiger partial charge in [-0.3, -0.25) is 14.6 Å². The molecule has 2 heterocycles. The van der Waals surface area contributed by atoms with Crippen LogP contribution in [0.15, 0.2) is 0 Å². The lowest BCUT2D eigenvalue weighted by atomic mass is 10.2. The summed E-state index contributed by atoms with van der Waals surface area (Å²) in [6.07, 6.45) is 0.594. The number of nitrogens with zero attached hydrogens (tertiary/aromatic N) is 2. The van der Waals surface area contributed by atoms with Crippen LogP contribution in [-0.4, -0.2) is 85.6 Å². The lowest BCUT2D eigenvalue weighted by Gasteiger charge is -2.32. The molecule has 0 bridgehead atoms. The Hall–Kier alpha value is -0.690. The van der Waals surface area contributed by atoms with Crippen LogP contribution in [-0.2, 0) is 14.3 Å². The van der Waals surface area contributed by atoms with Gasteiger partial charge in [0.15, 0.2) is 0 Å². The van der Waals surface area contributed by atoms with E-state index in [0.717, 1.165) is 45.8 Å². The van der Waals surface area contributed by atoms with E-state index in [1.165, 1.54) is 0 Å². The third-order valence-electron chi connectivity index (χ3n) is 3.99. The molecule has 0 aromatic carbocycles. The molecule has 1 N–H and O–H groups in total. The van der Waals surface area contributed by atoms with Gasteiger partial charge in [0.25, 0.3) is 0 Å². The first-order valence-corrected chi connectivity index (χ1v) is 7.57. The van der Waals surface area contributed by atoms with E-state index in [0.29, 0.717) is 19.2 Å². The molecule has 2 unspecified atom stereocenters. The van der Waals surface area contributed by atoms with Gasteiger partial charge < -0.3 is 14.6 Å². The van der Waals surface area contributed by atoms with Gasteiger partial charge in [0, 0.05) is 32.2 Å². The second-order valence-corrected chi connectivity index (χ2v) is 5.51. The lowest BCUT2D eigenvalue weighted by molar-refractivity contribution is -0.145. The first-order chi connectivity index (χ1) is 9.69. The highest BCUT2D eigenvalue weighted by atomic mass is 16.5. The van der Waals surface area contributed by atoms with E-state index in [1.807, 2.05) is 0 Å². The number of hydrogen-bond acceptors (Lipinski definition) is 6. The molecule has 6 heteroatoms. The number of carbonyl (C=O) groups is 1. The van der Waals surface area contributed by atoms with Crippen LogP contribution in [0.4, 0.5) is 0 Å². The van der Waals surface area contributed by atoms with Crippen LogP contribution in [0.25, 0.3) is 0 Å². The normalized spacial score (nSPS) is 26.6. The number of aliphatic hydroxyl groups is 1. The smallest absolute Gasteiger partial charge is 0.308 e. The van der Waals surface area contributed by atoms with Gasteiger partial charge in [0.2, 0.25) is 0 Å². The van der Waals surface area contributed by atoms with Gasteiger partial charge in [-0.2, -0.15) is 0 Å². The Bertz CT molecular complexity index is 308. The maximum atomic E-state index is 11.3. The predicted octanol–water partition coefficient (Wildman–Crippen LogP) is -0.293. The highest BCUT2D eigenvalue weighted by Gasteiger charge is 2.29. The number of β-amino-alcohol motifs (C(OH)–C–C–N with tert-alkyl or cyclic N) is 1. The van der Waals surface area contributed by atoms with Crippen LogP contribution in [0.2, 0.25) is 0 Å². The quantitative estimate of drug-likeness (QED) is 0.677. The molecule has 0 aromatic heterocycles. The van der Waals surface area contributed by atoms with Crippen molar-refractivity contribution in [1.82, 2.24) is 9.80 Å². The second kappa shape index (κ2) is 7.93. The average molecular weight is 286 g/mol. The topological polar surface area (TPSA) is 62.2 Å². The van der Waals surface area contributed by atoms with E-state index in [2.05, 4.69) is 9.80 Å². The average Bonchev–Trinajstić information content (AvgIpc) is 2.88. The molecule has 2 aliphatic heterocycles. The lowest BCUT2D eigenvalue weighted by Crippen LogP contribution is -2.45. The summed E-state index contributed by atoms with van der Waals surface area (Å²) < 4.78 is 10.2. The standard InChI is InChI=1S/C14H26N2O4/c1-2-20-14(18)9-13(17)11-15-4-3-12(10-15)16-5-7-19-8-6-16/h12-13,17H,2-11H2,1H3. The van der Waals surface area contributed by atoms with Crippen LogP contribution in [0.5, 0.6) is 0 Å². The van der Waals surface area contributed by atoms with E-state index in [9.17, 15) is 9.90 Å². The zero-order valence-electron chi connectivity index (χ0n) is 12.3. The van der Waals surface area contributed by atoms with Gasteiger partial charge in [-0.25, -0.2) is 0 Å². The fraction of sp³-hybridized carbons (Fsp3) is 0.929. The Balaban J connectivity index is 1.68. The van der Waals surface area contributed by atoms with Crippen molar-refractivity contribution in [3.8, 4) is 0 Å². The Kier molecular flexibility index (Phi) is 6.22. The SMILES string of the molecule is CCOC(=O)CC(O)CN1CCC(N2CCOCC2)C1. The molecule has 6 nitrogen and oxygen atoms in total. The molecule has 2 saturated heterocycles. The summed E-state index contributed by atoms with van der Waals surface area (Å²) in [4.78, 5) is 16.0. The van der Waals surface area contributed by atoms with Crippen LogP contribution in [0, 0.1) is 0 Å². The molecule has 0 saturated carbocycles. The number of esters is 1. The molecule has 2 fully saturated rings. The molecule has 0 radical (unpaired) electrons. The van der Waals surface area contributed by atoms with Crippen molar-refractivity contribution in [1.29, 1.82) is 0 Å². The van der Waals surface area contributed by atoms with Crippen LogP contribution >= 0.6 is 0 Å². The minimum atomic E-state index is -0.627. The zero-order valence-corrected chi connectivity index (χ0v) is 12.3. The van der Waals surface area contributed by atoms with Gasteiger partial charge in [-0.1, -0.05) is 0 Å². The molecule has 2 rings (SSSR count). The molecule has 0 aromatic rings. The third kappa shape index (κ3) is 4.70. The predicted molar refractivity (Wildman–Crippen MR) is 74.5 cm³/mol. The highest BCUT2D eigenvalue weighted by Crippen LogP contribution is 2.17. The van der Waals surface area contributed by atoms with E-state index in [1.54, 1.807) is 6.92 Å². The van der Waals surface area contributed by atoms with Gasteiger partial charge in [0.05, 0.1) is 32.3 Å². The van der Waals surface area contributed by atoms with Crippen molar-refractivity contribution in [3.63, 3.8) is 0 Å². The molecular formula is C14H26N2O4. The number of aliphatic hydroxyl groups excluding tert-OH is 1. The van der Waals surface area contributed by atoms with E-state index in [-0.39, 0.29) is 12.4 Å². The number of morpholine rings is 1. The molecule has 2 atom stereocenters. The summed E-state index contributed by atoms with van der Waals surface area (Å²) in [5, 5.41) is 9.93. The Morgan fingerprint density at radius 1 is 1.40 bits per heavy atom. The number of rotatable bonds is 6. The van der Waals surface area contributed by atoms with Gasteiger partial charge in [0.1, 0.15) is 0 Å². The summed E-state index contributed by atoms with van der Waals surface area (Å²) in [7, 11) is 0. The van der Waals surface area contributed by atoms with Crippen molar-refractivity contribution < 1.29 is 19.4 Å². The molecule has 0 aliphatic carbocycles. The maximum absolute atomic E-state index is 11.3. The molecule has 0 spiro atoms. The first-order valence-electron chi connectivity index (χ1n) is 7.57. The van der Waals surface area contributed by atoms with Gasteiger partial charge >= 0.3 is 5.97 Å². The van der Waals surface area contributed by atoms with Crippen molar-refractivity contribution >= 4 is 5.97 Å². The van der Waals surface area contributed by atoms with Crippen LogP contribution < -0.4 is 0 Å². The second-order valence-electron chi connectivity index (χ2n) is 5.51. The highest BCUT2D eigenvalue weighted by molar-refractivity contribution is 5.69. The minimum Gasteiger partial charge on any atom is -0.466 e. The summed E-state index contributed by atoms with van der Waals surface area (Å²) in [5.41, 5.74) is 0. The van der Waals surface area contributed by atoms with E-state index < -0.39 is 6.10 Å². The molecule has 0 amide bonds. The van der Waals surface area contributed by atoms with E-state index >= 15 is 0 Å². The molecular weight excluding hydrogens is 260 g/mol. The number of carbonyl (C=O) groups excluding carboxylic acids is 1. The summed E-state index contributed by atoms with van der Waals surface area (Å²) in [6.45, 7) is 8.31. The zero-order chi connectivity index (χ0) is 14.4. The fourth-order valence-electron chi connectivity index (χ4n) is 2.99. The van der Waals surface area contributed by atoms with Gasteiger partial charge in [-0.15, -0.1) is 0 Å². The number of likely N-dealkylation sites (tertiary alicyclic amines) is 1. The first kappa shape index (κ1) is 15.7. The molecule has 2 aliphatic rings. The van der Waals surface area contributed by atoms with Crippen LogP contribution in [0.3, 0.4) is 0 Å². The van der Waals surface area contributed by atoms with Gasteiger partial charge in [-0.05, 0) is 19.9 Å². The Morgan fingerprint density at radius 3 is 2.85 bits per heavy atom. The summed E-state index contributed by atoms with van der Waals surface area (Å²) in [5.74, 6) is -0.316. The van der Waals surface area contributed by atoms with Crippen LogP contribution in [0.1, 0.15) is 19.8 Å². The van der Waals surface area contributed by atoms with Crippen molar-refractivity contribution in [2.24, 2.45) is 0 Å². The Morgan fingerprint density at radius 2 is 2.15 bits per heavy atom. The summed E-state index contributed by atoms with van der Waals surface area (Å²) >= 11 is 0. The van der Waals surface area contributed by atoms with Crippen molar-refractivity contribution in [2.45, 2.75) is 31.9 Å². The van der Waals surface area contributed by atoms with Crippen molar-refractivity contribution in [3.05, 3.63) is 0 Å². The summed E-state index contributed by atoms with van der Waals surface area (Å²) in [6, 6.07) is 0.564. The maximum Gasteiger partial charge on any atom is 0.308 e. The third-order valence-corrected chi connectivity index (χ3v) is 3.99. The van der Waals surface area contributed by atoms with E-state index in [4.69, 9.17) is 9.47 Å².